The van der Waals surface area contributed by atoms with Crippen molar-refractivity contribution in [2.75, 3.05) is 6.54 Å². The van der Waals surface area contributed by atoms with Crippen LogP contribution in [0.4, 0.5) is 0 Å². The molecule has 1 aromatic heterocycles. The molecule has 6 saturated carbocycles. The summed E-state index contributed by atoms with van der Waals surface area (Å²) in [6.45, 7) is 26.2. The van der Waals surface area contributed by atoms with Gasteiger partial charge in [0.05, 0.1) is 35.2 Å². The molecule has 1 aromatic carbocycles. The minimum absolute atomic E-state index is 0.0213. The van der Waals surface area contributed by atoms with Crippen molar-refractivity contribution in [3.63, 3.8) is 0 Å². The molecule has 2 N–H and O–H groups in total. The second-order valence-corrected chi connectivity index (χ2v) is 23.3. The first-order valence-corrected chi connectivity index (χ1v) is 23.7. The van der Waals surface area contributed by atoms with Gasteiger partial charge < -0.3 is 19.7 Å². The molecule has 7 aliphatic rings. The second-order valence-electron chi connectivity index (χ2n) is 23.3. The van der Waals surface area contributed by atoms with Crippen molar-refractivity contribution in [3.8, 4) is 11.3 Å². The number of carbonyl (C=O) groups is 3. The Hall–Kier alpha value is -3.42. The van der Waals surface area contributed by atoms with Gasteiger partial charge in [0.15, 0.2) is 0 Å². The van der Waals surface area contributed by atoms with Crippen LogP contribution in [0.15, 0.2) is 42.6 Å². The highest BCUT2D eigenvalue weighted by Gasteiger charge is 2.72. The van der Waals surface area contributed by atoms with Crippen LogP contribution in [0.1, 0.15) is 156 Å². The van der Waals surface area contributed by atoms with Crippen LogP contribution in [0.3, 0.4) is 0 Å². The fraction of sp³-hybridized carbons (Fsp3) is 0.731. The molecule has 0 spiro atoms. The predicted molar refractivity (Wildman–Crippen MR) is 234 cm³/mol. The molecule has 2 heterocycles. The Kier molecular flexibility index (Phi) is 9.81. The number of H-pyrrole nitrogens is 1. The van der Waals surface area contributed by atoms with E-state index < -0.39 is 17.3 Å². The molecule has 326 valence electrons. The van der Waals surface area contributed by atoms with Crippen molar-refractivity contribution in [2.24, 2.45) is 73.9 Å². The number of carbonyl (C=O) groups excluding carboxylic acids is 2. The summed E-state index contributed by atoms with van der Waals surface area (Å²) in [5.41, 5.74) is 3.84. The fourth-order valence-electron chi connectivity index (χ4n) is 16.6. The van der Waals surface area contributed by atoms with Gasteiger partial charge in [-0.3, -0.25) is 14.4 Å². The number of aliphatic carboxylic acids is 1. The lowest BCUT2D eigenvalue weighted by molar-refractivity contribution is -0.251. The van der Waals surface area contributed by atoms with E-state index in [4.69, 9.17) is 9.72 Å². The van der Waals surface area contributed by atoms with Crippen molar-refractivity contribution >= 4 is 17.8 Å². The van der Waals surface area contributed by atoms with E-state index in [1.165, 1.54) is 17.6 Å². The number of esters is 1. The van der Waals surface area contributed by atoms with Crippen molar-refractivity contribution in [1.82, 2.24) is 14.9 Å². The van der Waals surface area contributed by atoms with Crippen molar-refractivity contribution in [2.45, 2.75) is 158 Å². The highest BCUT2D eigenvalue weighted by atomic mass is 16.5. The van der Waals surface area contributed by atoms with Gasteiger partial charge in [-0.25, -0.2) is 4.98 Å². The number of fused-ring (bicyclic) bond motifs is 7. The van der Waals surface area contributed by atoms with E-state index in [1.807, 2.05) is 20.0 Å². The van der Waals surface area contributed by atoms with Gasteiger partial charge >= 0.3 is 11.9 Å². The first-order valence-electron chi connectivity index (χ1n) is 23.7. The Labute approximate surface area is 359 Å². The van der Waals surface area contributed by atoms with Crippen molar-refractivity contribution in [1.29, 1.82) is 0 Å². The van der Waals surface area contributed by atoms with Gasteiger partial charge in [-0.2, -0.15) is 0 Å². The van der Waals surface area contributed by atoms with E-state index >= 15 is 4.79 Å². The largest absolute Gasteiger partial charge is 0.481 e. The van der Waals surface area contributed by atoms with E-state index in [2.05, 4.69) is 89.2 Å². The summed E-state index contributed by atoms with van der Waals surface area (Å²) in [5, 5.41) is 9.71. The second kappa shape index (κ2) is 14.0. The number of aryl methyl sites for hydroxylation is 1. The van der Waals surface area contributed by atoms with Crippen LogP contribution in [0.25, 0.3) is 11.3 Å². The molecule has 1 saturated heterocycles. The van der Waals surface area contributed by atoms with Crippen LogP contribution in [0.2, 0.25) is 0 Å². The number of hydrogen-bond donors (Lipinski definition) is 2. The van der Waals surface area contributed by atoms with Crippen LogP contribution in [-0.4, -0.2) is 50.5 Å². The number of benzene rings is 1. The number of hydrogen-bond acceptors (Lipinski definition) is 5. The normalized spacial score (nSPS) is 42.5. The number of nitrogens with one attached hydrogen (secondary N) is 1. The summed E-state index contributed by atoms with van der Waals surface area (Å²) in [6.07, 6.45) is 14.7. The summed E-state index contributed by atoms with van der Waals surface area (Å²) >= 11 is 0. The summed E-state index contributed by atoms with van der Waals surface area (Å²) in [6, 6.07) is 8.54. The van der Waals surface area contributed by atoms with Gasteiger partial charge in [-0.15, -0.1) is 0 Å². The van der Waals surface area contributed by atoms with E-state index in [9.17, 15) is 14.7 Å². The number of ether oxygens (including phenoxy) is 1. The molecule has 13 atom stereocenters. The Morgan fingerprint density at radius 1 is 0.833 bits per heavy atom. The Morgan fingerprint density at radius 3 is 2.25 bits per heavy atom. The zero-order valence-electron chi connectivity index (χ0n) is 38.2. The quantitative estimate of drug-likeness (QED) is 0.212. The van der Waals surface area contributed by atoms with Crippen LogP contribution in [0.5, 0.6) is 0 Å². The van der Waals surface area contributed by atoms with Gasteiger partial charge in [0, 0.05) is 12.0 Å². The molecule has 8 heteroatoms. The molecule has 6 aliphatic carbocycles. The van der Waals surface area contributed by atoms with Gasteiger partial charge in [0.2, 0.25) is 5.91 Å². The SMILES string of the molecule is C=C(C)[C@@H]1CC[C@]2(C(=O)N3CCCC3c3ncc(-c4ccc(C)cc4)[nH]3)CC[C@]3(C)[C@H](CC[C@@H]4[C@@]5(C)CC[C@H](OC(=O)[C@H]6C[C@@H](C(=O)O)C6(C)C)C(C)(C)[C@@H]5CC[C@]43C)[C@@H]12. The highest BCUT2D eigenvalue weighted by molar-refractivity contribution is 5.85. The fourth-order valence-corrected chi connectivity index (χ4v) is 16.6. The number of amides is 1. The topological polar surface area (TPSA) is 113 Å². The van der Waals surface area contributed by atoms with E-state index in [0.29, 0.717) is 41.9 Å². The molecule has 7 fully saturated rings. The number of aromatic amines is 1. The molecule has 0 radical (unpaired) electrons. The number of aromatic nitrogens is 2. The summed E-state index contributed by atoms with van der Waals surface area (Å²) in [4.78, 5) is 51.9. The lowest BCUT2D eigenvalue weighted by atomic mass is 9.32. The van der Waals surface area contributed by atoms with Crippen LogP contribution in [0, 0.1) is 80.8 Å². The third-order valence-corrected chi connectivity index (χ3v) is 20.3. The zero-order valence-corrected chi connectivity index (χ0v) is 38.2. The average Bonchev–Trinajstić information content (AvgIpc) is 3.95. The monoisotopic (exact) mass is 820 g/mol. The maximum atomic E-state index is 15.6. The van der Waals surface area contributed by atoms with Crippen LogP contribution >= 0.6 is 0 Å². The van der Waals surface area contributed by atoms with Crippen LogP contribution in [-0.2, 0) is 19.1 Å². The molecule has 1 unspecified atom stereocenters. The smallest absolute Gasteiger partial charge is 0.309 e. The number of allylic oxidation sites excluding steroid dienone is 1. The van der Waals surface area contributed by atoms with Gasteiger partial charge in [0.25, 0.3) is 0 Å². The van der Waals surface area contributed by atoms with Gasteiger partial charge in [-0.05, 0) is 154 Å². The predicted octanol–water partition coefficient (Wildman–Crippen LogP) is 11.4. The third kappa shape index (κ3) is 5.78. The van der Waals surface area contributed by atoms with E-state index in [1.54, 1.807) is 0 Å². The molecular formula is C52H73N3O5. The lowest BCUT2D eigenvalue weighted by Crippen LogP contribution is -2.67. The molecule has 1 aliphatic heterocycles. The Bertz CT molecular complexity index is 2070. The first-order chi connectivity index (χ1) is 28.2. The maximum absolute atomic E-state index is 15.6. The lowest BCUT2D eigenvalue weighted by Gasteiger charge is -2.73. The molecule has 2 aromatic rings. The minimum atomic E-state index is -0.817. The number of likely N-dealkylation sites (tertiary alicyclic amines) is 1. The molecule has 60 heavy (non-hydrogen) atoms. The van der Waals surface area contributed by atoms with E-state index in [-0.39, 0.29) is 51.1 Å². The summed E-state index contributed by atoms with van der Waals surface area (Å²) in [7, 11) is 0. The van der Waals surface area contributed by atoms with Gasteiger partial charge in [0.1, 0.15) is 11.9 Å². The molecule has 1 amide bonds. The van der Waals surface area contributed by atoms with Crippen molar-refractivity contribution < 1.29 is 24.2 Å². The van der Waals surface area contributed by atoms with E-state index in [0.717, 1.165) is 94.3 Å². The molecule has 0 bridgehead atoms. The van der Waals surface area contributed by atoms with Gasteiger partial charge in [-0.1, -0.05) is 90.4 Å². The minimum Gasteiger partial charge on any atom is -0.481 e. The zero-order chi connectivity index (χ0) is 42.9. The summed E-state index contributed by atoms with van der Waals surface area (Å²) in [5.74, 6) is 1.53. The first kappa shape index (κ1) is 41.9. The Morgan fingerprint density at radius 2 is 1.57 bits per heavy atom. The van der Waals surface area contributed by atoms with Crippen molar-refractivity contribution in [3.05, 3.63) is 54.0 Å². The van der Waals surface area contributed by atoms with Crippen LogP contribution < -0.4 is 0 Å². The Balaban J connectivity index is 0.965. The standard InChI is InChI=1S/C52H73N3O5/c1-30(2)33-19-24-52(46(59)55-27-11-12-38(55)43-53-29-37(54-43)32-15-13-31(3)14-16-32)26-25-50(9)34(42(33)52)17-18-40-49(8)22-21-41(48(6,7)39(49)20-23-51(40,50)10)60-45(58)36-28-35(44(56)57)47(36,4)5/h13-16,29,33-36,38-42H,1,11-12,17-28H2,2-10H3,(H,53,54)(H,56,57)/t33-,34+,35-,36+,38?,39-,40+,41-,42+,49-,50+,51+,52-/m0/s1. The number of carboxylic acid groups (broad SMARTS) is 1. The molecule has 9 rings (SSSR count). The number of carboxylic acids is 1. The number of imidazole rings is 1. The molecular weight excluding hydrogens is 747 g/mol. The summed E-state index contributed by atoms with van der Waals surface area (Å²) < 4.78 is 6.47. The number of nitrogens with zero attached hydrogens (tertiary/aromatic N) is 2. The third-order valence-electron chi connectivity index (χ3n) is 20.3. The molecule has 8 nitrogen and oxygen atoms in total. The highest BCUT2D eigenvalue weighted by Crippen LogP contribution is 2.78. The maximum Gasteiger partial charge on any atom is 0.309 e. The average molecular weight is 820 g/mol. The number of rotatable bonds is 7.